The maximum Gasteiger partial charge on any atom is 0.315 e. The first kappa shape index (κ1) is 14.5. The van der Waals surface area contributed by atoms with Gasteiger partial charge >= 0.3 is 6.01 Å². The van der Waals surface area contributed by atoms with E-state index in [1.165, 1.54) is 0 Å². The highest BCUT2D eigenvalue weighted by atomic mass is 32.2. The van der Waals surface area contributed by atoms with Crippen molar-refractivity contribution in [3.05, 3.63) is 5.89 Å². The van der Waals surface area contributed by atoms with Gasteiger partial charge in [0.15, 0.2) is 0 Å². The lowest BCUT2D eigenvalue weighted by Gasteiger charge is -2.21. The predicted octanol–water partition coefficient (Wildman–Crippen LogP) is 1.28. The zero-order valence-electron chi connectivity index (χ0n) is 11.7. The highest BCUT2D eigenvalue weighted by Crippen LogP contribution is 2.15. The lowest BCUT2D eigenvalue weighted by Crippen LogP contribution is -2.35. The number of aromatic nitrogens is 2. The van der Waals surface area contributed by atoms with Gasteiger partial charge in [-0.2, -0.15) is 0 Å². The quantitative estimate of drug-likeness (QED) is 0.868. The van der Waals surface area contributed by atoms with Crippen molar-refractivity contribution >= 4 is 16.8 Å². The van der Waals surface area contributed by atoms with Gasteiger partial charge in [0.05, 0.1) is 6.54 Å². The van der Waals surface area contributed by atoms with E-state index in [1.807, 2.05) is 0 Å². The van der Waals surface area contributed by atoms with Crippen molar-refractivity contribution < 1.29 is 8.63 Å². The Morgan fingerprint density at radius 1 is 1.32 bits per heavy atom. The average molecular weight is 286 g/mol. The number of anilines is 1. The van der Waals surface area contributed by atoms with E-state index in [0.29, 0.717) is 24.5 Å². The molecule has 0 amide bonds. The molecule has 0 radical (unpaired) electrons. The van der Waals surface area contributed by atoms with Crippen molar-refractivity contribution in [2.24, 2.45) is 0 Å². The summed E-state index contributed by atoms with van der Waals surface area (Å²) in [6, 6.07) is 0.755. The molecule has 0 aromatic carbocycles. The van der Waals surface area contributed by atoms with E-state index in [2.05, 4.69) is 41.6 Å². The van der Waals surface area contributed by atoms with Crippen molar-refractivity contribution in [1.82, 2.24) is 15.5 Å². The first-order valence-electron chi connectivity index (χ1n) is 6.61. The fourth-order valence-electron chi connectivity index (χ4n) is 1.84. The monoisotopic (exact) mass is 286 g/mol. The van der Waals surface area contributed by atoms with Crippen molar-refractivity contribution in [3.8, 4) is 0 Å². The summed E-state index contributed by atoms with van der Waals surface area (Å²) < 4.78 is 16.8. The molecule has 1 fully saturated rings. The van der Waals surface area contributed by atoms with Crippen molar-refractivity contribution in [2.75, 3.05) is 16.8 Å². The molecule has 0 spiro atoms. The molecule has 1 aliphatic rings. The van der Waals surface area contributed by atoms with Crippen LogP contribution in [0.15, 0.2) is 4.42 Å². The second-order valence-corrected chi connectivity index (χ2v) is 7.57. The molecule has 0 aliphatic carbocycles. The molecule has 2 rings (SSSR count). The molecule has 1 aromatic heterocycles. The summed E-state index contributed by atoms with van der Waals surface area (Å²) in [5, 5.41) is 14.5. The molecular weight excluding hydrogens is 264 g/mol. The van der Waals surface area contributed by atoms with E-state index in [9.17, 15) is 4.21 Å². The number of hydrogen-bond donors (Lipinski definition) is 2. The second-order valence-electron chi connectivity index (χ2n) is 5.87. The van der Waals surface area contributed by atoms with Crippen LogP contribution in [0.4, 0.5) is 6.01 Å². The van der Waals surface area contributed by atoms with Gasteiger partial charge in [0.25, 0.3) is 0 Å². The molecule has 19 heavy (non-hydrogen) atoms. The average Bonchev–Trinajstić information content (AvgIpc) is 2.77. The summed E-state index contributed by atoms with van der Waals surface area (Å²) in [7, 11) is -0.643. The highest BCUT2D eigenvalue weighted by Gasteiger charge is 2.19. The van der Waals surface area contributed by atoms with E-state index in [4.69, 9.17) is 4.42 Å². The SMILES string of the molecule is CC(C)(C)NCc1nnc(NC2CCS(=O)CC2)o1. The molecule has 0 unspecified atom stereocenters. The van der Waals surface area contributed by atoms with Crippen LogP contribution >= 0.6 is 0 Å². The molecule has 0 saturated carbocycles. The zero-order valence-corrected chi connectivity index (χ0v) is 12.5. The van der Waals surface area contributed by atoms with Crippen LogP contribution in [0.1, 0.15) is 39.5 Å². The van der Waals surface area contributed by atoms with Gasteiger partial charge in [0.1, 0.15) is 0 Å². The standard InChI is InChI=1S/C12H22N4O2S/c1-12(2,3)13-8-10-15-16-11(18-10)14-9-4-6-19(17)7-5-9/h9,13H,4-8H2,1-3H3,(H,14,16). The minimum Gasteiger partial charge on any atom is -0.407 e. The molecule has 1 aliphatic heterocycles. The predicted molar refractivity (Wildman–Crippen MR) is 75.4 cm³/mol. The van der Waals surface area contributed by atoms with Crippen molar-refractivity contribution in [3.63, 3.8) is 0 Å². The molecule has 6 nitrogen and oxygen atoms in total. The van der Waals surface area contributed by atoms with E-state index in [1.54, 1.807) is 0 Å². The second kappa shape index (κ2) is 6.00. The number of nitrogens with one attached hydrogen (secondary N) is 2. The molecule has 1 saturated heterocycles. The third-order valence-electron chi connectivity index (χ3n) is 2.95. The van der Waals surface area contributed by atoms with Gasteiger partial charge in [0.2, 0.25) is 5.89 Å². The van der Waals surface area contributed by atoms with E-state index >= 15 is 0 Å². The normalized spacial score (nSPS) is 24.4. The maximum atomic E-state index is 11.3. The smallest absolute Gasteiger partial charge is 0.315 e. The van der Waals surface area contributed by atoms with Crippen LogP contribution in [0, 0.1) is 0 Å². The summed E-state index contributed by atoms with van der Waals surface area (Å²) >= 11 is 0. The Morgan fingerprint density at radius 2 is 2.00 bits per heavy atom. The fraction of sp³-hybridized carbons (Fsp3) is 0.833. The third kappa shape index (κ3) is 4.91. The molecule has 0 atom stereocenters. The Bertz CT molecular complexity index is 431. The van der Waals surface area contributed by atoms with Crippen molar-refractivity contribution in [1.29, 1.82) is 0 Å². The van der Waals surface area contributed by atoms with Gasteiger partial charge in [-0.1, -0.05) is 5.10 Å². The lowest BCUT2D eigenvalue weighted by molar-refractivity contribution is 0.382. The topological polar surface area (TPSA) is 80.0 Å². The van der Waals surface area contributed by atoms with E-state index < -0.39 is 10.8 Å². The summed E-state index contributed by atoms with van der Waals surface area (Å²) in [5.74, 6) is 2.09. The van der Waals surface area contributed by atoms with E-state index in [-0.39, 0.29) is 5.54 Å². The largest absolute Gasteiger partial charge is 0.407 e. The number of nitrogens with zero attached hydrogens (tertiary/aromatic N) is 2. The van der Waals surface area contributed by atoms with Crippen LogP contribution in [-0.4, -0.2) is 37.5 Å². The first-order chi connectivity index (χ1) is 8.92. The van der Waals surface area contributed by atoms with Gasteiger partial charge < -0.3 is 15.1 Å². The zero-order chi connectivity index (χ0) is 13.9. The minimum absolute atomic E-state index is 0.0233. The Kier molecular flexibility index (Phi) is 4.57. The third-order valence-corrected chi connectivity index (χ3v) is 4.33. The Morgan fingerprint density at radius 3 is 2.63 bits per heavy atom. The summed E-state index contributed by atoms with van der Waals surface area (Å²) in [4.78, 5) is 0. The maximum absolute atomic E-state index is 11.3. The molecule has 0 bridgehead atoms. The first-order valence-corrected chi connectivity index (χ1v) is 8.10. The molecule has 108 valence electrons. The number of rotatable bonds is 4. The van der Waals surface area contributed by atoms with Crippen LogP contribution < -0.4 is 10.6 Å². The van der Waals surface area contributed by atoms with Crippen LogP contribution in [-0.2, 0) is 17.3 Å². The van der Waals surface area contributed by atoms with E-state index in [0.717, 1.165) is 24.3 Å². The fourth-order valence-corrected chi connectivity index (χ4v) is 3.14. The van der Waals surface area contributed by atoms with Crippen LogP contribution in [0.25, 0.3) is 0 Å². The highest BCUT2D eigenvalue weighted by molar-refractivity contribution is 7.85. The summed E-state index contributed by atoms with van der Waals surface area (Å²) in [5.41, 5.74) is 0.0233. The molecule has 2 heterocycles. The van der Waals surface area contributed by atoms with Crippen LogP contribution in [0.2, 0.25) is 0 Å². The summed E-state index contributed by atoms with van der Waals surface area (Å²) in [6.45, 7) is 6.83. The van der Waals surface area contributed by atoms with Crippen LogP contribution in [0.3, 0.4) is 0 Å². The Balaban J connectivity index is 1.82. The van der Waals surface area contributed by atoms with Gasteiger partial charge in [0, 0.05) is 33.9 Å². The van der Waals surface area contributed by atoms with Crippen LogP contribution in [0.5, 0.6) is 0 Å². The van der Waals surface area contributed by atoms with Gasteiger partial charge in [-0.05, 0) is 33.6 Å². The molecule has 1 aromatic rings. The van der Waals surface area contributed by atoms with Crippen molar-refractivity contribution in [2.45, 2.75) is 51.7 Å². The molecule has 7 heteroatoms. The Labute approximate surface area is 116 Å². The lowest BCUT2D eigenvalue weighted by atomic mass is 10.1. The molecule has 2 N–H and O–H groups in total. The molecular formula is C12H22N4O2S. The van der Waals surface area contributed by atoms with Gasteiger partial charge in [-0.25, -0.2) is 0 Å². The van der Waals surface area contributed by atoms with Gasteiger partial charge in [-0.15, -0.1) is 5.10 Å². The van der Waals surface area contributed by atoms with Gasteiger partial charge in [-0.3, -0.25) is 4.21 Å². The number of hydrogen-bond acceptors (Lipinski definition) is 6. The summed E-state index contributed by atoms with van der Waals surface area (Å²) in [6.07, 6.45) is 1.79. The Hall–Kier alpha value is -0.950. The minimum atomic E-state index is -0.643.